The maximum atomic E-state index is 12.5. The molecule has 13 heavy (non-hydrogen) atoms. The van der Waals surface area contributed by atoms with Crippen LogP contribution in [0.1, 0.15) is 15.9 Å². The molecule has 0 aliphatic heterocycles. The third-order valence-corrected chi connectivity index (χ3v) is 1.65. The van der Waals surface area contributed by atoms with Gasteiger partial charge in [0, 0.05) is 5.56 Å². The van der Waals surface area contributed by atoms with Crippen molar-refractivity contribution in [1.82, 2.24) is 0 Å². The maximum Gasteiger partial charge on any atom is 0.300 e. The SMILES string of the molecule is Cc1cc(F)ccc1C(=O)C(F)F. The van der Waals surface area contributed by atoms with Crippen molar-refractivity contribution in [2.75, 3.05) is 0 Å². The van der Waals surface area contributed by atoms with Crippen molar-refractivity contribution in [3.63, 3.8) is 0 Å². The number of carbonyl (C=O) groups excluding carboxylic acids is 1. The van der Waals surface area contributed by atoms with E-state index in [1.54, 1.807) is 0 Å². The average Bonchev–Trinajstić information content (AvgIpc) is 2.03. The van der Waals surface area contributed by atoms with Gasteiger partial charge in [0.25, 0.3) is 0 Å². The van der Waals surface area contributed by atoms with Gasteiger partial charge in [-0.15, -0.1) is 0 Å². The summed E-state index contributed by atoms with van der Waals surface area (Å²) >= 11 is 0. The first-order chi connectivity index (χ1) is 6.02. The molecule has 0 heterocycles. The van der Waals surface area contributed by atoms with Gasteiger partial charge < -0.3 is 0 Å². The molecule has 1 rings (SSSR count). The number of Topliss-reactive ketones (excluding diaryl/α,β-unsaturated/α-hetero) is 1. The summed E-state index contributed by atoms with van der Waals surface area (Å²) in [5.74, 6) is -1.80. The summed E-state index contributed by atoms with van der Waals surface area (Å²) in [5, 5.41) is 0. The van der Waals surface area contributed by atoms with Gasteiger partial charge in [-0.05, 0) is 30.7 Å². The number of hydrogen-bond acceptors (Lipinski definition) is 1. The van der Waals surface area contributed by atoms with Crippen molar-refractivity contribution >= 4 is 5.78 Å². The zero-order chi connectivity index (χ0) is 10.0. The number of hydrogen-bond donors (Lipinski definition) is 0. The fourth-order valence-corrected chi connectivity index (χ4v) is 1.02. The van der Waals surface area contributed by atoms with Gasteiger partial charge in [-0.1, -0.05) is 0 Å². The fraction of sp³-hybridized carbons (Fsp3) is 0.222. The van der Waals surface area contributed by atoms with Crippen molar-refractivity contribution in [3.05, 3.63) is 35.1 Å². The summed E-state index contributed by atoms with van der Waals surface area (Å²) in [7, 11) is 0. The van der Waals surface area contributed by atoms with E-state index >= 15 is 0 Å². The van der Waals surface area contributed by atoms with E-state index in [1.807, 2.05) is 0 Å². The highest BCUT2D eigenvalue weighted by Crippen LogP contribution is 2.14. The fourth-order valence-electron chi connectivity index (χ4n) is 1.02. The molecule has 0 atom stereocenters. The summed E-state index contributed by atoms with van der Waals surface area (Å²) in [5.41, 5.74) is 0.0988. The van der Waals surface area contributed by atoms with Gasteiger partial charge in [0.05, 0.1) is 0 Å². The second-order valence-electron chi connectivity index (χ2n) is 2.62. The van der Waals surface area contributed by atoms with E-state index in [9.17, 15) is 18.0 Å². The molecule has 1 nitrogen and oxygen atoms in total. The van der Waals surface area contributed by atoms with Crippen LogP contribution in [0.5, 0.6) is 0 Å². The van der Waals surface area contributed by atoms with Crippen LogP contribution in [-0.2, 0) is 0 Å². The zero-order valence-corrected chi connectivity index (χ0v) is 6.85. The van der Waals surface area contributed by atoms with Crippen LogP contribution in [0.25, 0.3) is 0 Å². The Morgan fingerprint density at radius 1 is 1.38 bits per heavy atom. The molecule has 4 heteroatoms. The standard InChI is InChI=1S/C9H7F3O/c1-5-4-6(10)2-3-7(5)8(13)9(11)12/h2-4,9H,1H3. The third-order valence-electron chi connectivity index (χ3n) is 1.65. The summed E-state index contributed by atoms with van der Waals surface area (Å²) < 4.78 is 36.4. The van der Waals surface area contributed by atoms with E-state index in [-0.39, 0.29) is 11.1 Å². The lowest BCUT2D eigenvalue weighted by Crippen LogP contribution is -2.11. The molecule has 0 aromatic heterocycles. The summed E-state index contributed by atoms with van der Waals surface area (Å²) in [6, 6.07) is 3.11. The first-order valence-corrected chi connectivity index (χ1v) is 3.61. The molecule has 1 aromatic rings. The molecular formula is C9H7F3O. The minimum atomic E-state index is -3.04. The Labute approximate surface area is 73.2 Å². The van der Waals surface area contributed by atoms with Gasteiger partial charge in [0.15, 0.2) is 0 Å². The van der Waals surface area contributed by atoms with E-state index in [2.05, 4.69) is 0 Å². The normalized spacial score (nSPS) is 10.5. The van der Waals surface area contributed by atoms with Crippen molar-refractivity contribution in [2.45, 2.75) is 13.3 Å². The zero-order valence-electron chi connectivity index (χ0n) is 6.85. The van der Waals surface area contributed by atoms with Gasteiger partial charge in [-0.2, -0.15) is 0 Å². The van der Waals surface area contributed by atoms with Crippen LogP contribution < -0.4 is 0 Å². The summed E-state index contributed by atoms with van der Waals surface area (Å²) in [6.45, 7) is 1.42. The second kappa shape index (κ2) is 3.60. The molecule has 0 spiro atoms. The molecular weight excluding hydrogens is 181 g/mol. The molecule has 0 radical (unpaired) electrons. The van der Waals surface area contributed by atoms with Crippen LogP contribution in [0, 0.1) is 12.7 Å². The minimum Gasteiger partial charge on any atom is -0.288 e. The number of aryl methyl sites for hydroxylation is 1. The number of alkyl halides is 2. The lowest BCUT2D eigenvalue weighted by Gasteiger charge is -2.03. The van der Waals surface area contributed by atoms with Gasteiger partial charge >= 0.3 is 6.43 Å². The lowest BCUT2D eigenvalue weighted by molar-refractivity contribution is 0.0678. The Kier molecular flexibility index (Phi) is 2.70. The first-order valence-electron chi connectivity index (χ1n) is 3.61. The number of ketones is 1. The molecule has 1 aromatic carbocycles. The van der Waals surface area contributed by atoms with Crippen LogP contribution in [0.15, 0.2) is 18.2 Å². The third kappa shape index (κ3) is 2.08. The van der Waals surface area contributed by atoms with Gasteiger partial charge in [-0.25, -0.2) is 13.2 Å². The highest BCUT2D eigenvalue weighted by atomic mass is 19.3. The highest BCUT2D eigenvalue weighted by molar-refractivity contribution is 5.99. The molecule has 0 saturated carbocycles. The number of rotatable bonds is 2. The van der Waals surface area contributed by atoms with Crippen molar-refractivity contribution in [1.29, 1.82) is 0 Å². The van der Waals surface area contributed by atoms with E-state index in [0.717, 1.165) is 18.2 Å². The van der Waals surface area contributed by atoms with Crippen LogP contribution in [0.4, 0.5) is 13.2 Å². The van der Waals surface area contributed by atoms with Crippen LogP contribution in [-0.4, -0.2) is 12.2 Å². The molecule has 0 unspecified atom stereocenters. The molecule has 0 saturated heterocycles. The average molecular weight is 188 g/mol. The molecule has 0 fully saturated rings. The molecule has 0 aliphatic carbocycles. The van der Waals surface area contributed by atoms with E-state index in [1.165, 1.54) is 6.92 Å². The van der Waals surface area contributed by atoms with Crippen molar-refractivity contribution < 1.29 is 18.0 Å². The van der Waals surface area contributed by atoms with Crippen LogP contribution in [0.2, 0.25) is 0 Å². The van der Waals surface area contributed by atoms with E-state index < -0.39 is 18.0 Å². The lowest BCUT2D eigenvalue weighted by atomic mass is 10.1. The quantitative estimate of drug-likeness (QED) is 0.652. The predicted molar refractivity (Wildman–Crippen MR) is 41.5 cm³/mol. The number of benzene rings is 1. The van der Waals surface area contributed by atoms with Gasteiger partial charge in [-0.3, -0.25) is 4.79 Å². The molecule has 0 aliphatic rings. The predicted octanol–water partition coefficient (Wildman–Crippen LogP) is 2.58. The highest BCUT2D eigenvalue weighted by Gasteiger charge is 2.19. The summed E-state index contributed by atoms with van der Waals surface area (Å²) in [6.07, 6.45) is -3.04. The largest absolute Gasteiger partial charge is 0.300 e. The summed E-state index contributed by atoms with van der Waals surface area (Å²) in [4.78, 5) is 10.8. The smallest absolute Gasteiger partial charge is 0.288 e. The monoisotopic (exact) mass is 188 g/mol. The van der Waals surface area contributed by atoms with Crippen molar-refractivity contribution in [2.24, 2.45) is 0 Å². The first kappa shape index (κ1) is 9.77. The Hall–Kier alpha value is -1.32. The van der Waals surface area contributed by atoms with E-state index in [0.29, 0.717) is 0 Å². The van der Waals surface area contributed by atoms with Crippen LogP contribution in [0.3, 0.4) is 0 Å². The Morgan fingerprint density at radius 2 is 2.00 bits per heavy atom. The molecule has 0 N–H and O–H groups in total. The molecule has 70 valence electrons. The van der Waals surface area contributed by atoms with E-state index in [4.69, 9.17) is 0 Å². The van der Waals surface area contributed by atoms with Gasteiger partial charge in [0.2, 0.25) is 5.78 Å². The van der Waals surface area contributed by atoms with Crippen molar-refractivity contribution in [3.8, 4) is 0 Å². The number of halogens is 3. The number of carbonyl (C=O) groups is 1. The molecule has 0 bridgehead atoms. The Balaban J connectivity index is 3.09. The molecule has 0 amide bonds. The minimum absolute atomic E-state index is 0.128. The second-order valence-corrected chi connectivity index (χ2v) is 2.62. The Bertz CT molecular complexity index is 334. The maximum absolute atomic E-state index is 12.5. The topological polar surface area (TPSA) is 17.1 Å². The van der Waals surface area contributed by atoms with Crippen LogP contribution >= 0.6 is 0 Å². The Morgan fingerprint density at radius 3 is 2.46 bits per heavy atom. The van der Waals surface area contributed by atoms with Gasteiger partial charge in [0.1, 0.15) is 5.82 Å².